The van der Waals surface area contributed by atoms with Crippen molar-refractivity contribution < 1.29 is 4.79 Å². The normalized spacial score (nSPS) is 10.5. The van der Waals surface area contributed by atoms with E-state index in [2.05, 4.69) is 21.2 Å². The number of nitrogens with zero attached hydrogens (tertiary/aromatic N) is 1. The molecular formula is C13H13BrClN3O. The summed E-state index contributed by atoms with van der Waals surface area (Å²) in [6, 6.07) is 6.90. The van der Waals surface area contributed by atoms with Gasteiger partial charge in [-0.2, -0.15) is 0 Å². The summed E-state index contributed by atoms with van der Waals surface area (Å²) in [5, 5.41) is 3.34. The average molecular weight is 343 g/mol. The summed E-state index contributed by atoms with van der Waals surface area (Å²) in [7, 11) is 0. The van der Waals surface area contributed by atoms with Crippen molar-refractivity contribution >= 4 is 44.8 Å². The van der Waals surface area contributed by atoms with Crippen molar-refractivity contribution in [3.8, 4) is 0 Å². The molecular weight excluding hydrogens is 330 g/mol. The van der Waals surface area contributed by atoms with Crippen LogP contribution in [-0.4, -0.2) is 10.5 Å². The Kier molecular flexibility index (Phi) is 4.17. The predicted octanol–water partition coefficient (Wildman–Crippen LogP) is 3.76. The fourth-order valence-corrected chi connectivity index (χ4v) is 2.18. The largest absolute Gasteiger partial charge is 0.397 e. The van der Waals surface area contributed by atoms with Gasteiger partial charge in [0.1, 0.15) is 5.69 Å². The van der Waals surface area contributed by atoms with E-state index in [0.29, 0.717) is 28.6 Å². The second-order valence-corrected chi connectivity index (χ2v) is 5.29. The number of halogens is 2. The first-order chi connectivity index (χ1) is 9.01. The van der Waals surface area contributed by atoms with Crippen LogP contribution in [0.4, 0.5) is 11.4 Å². The molecule has 0 aliphatic rings. The van der Waals surface area contributed by atoms with Crippen LogP contribution in [0.15, 0.2) is 34.9 Å². The van der Waals surface area contributed by atoms with Gasteiger partial charge < -0.3 is 15.6 Å². The smallest absolute Gasteiger partial charge is 0.272 e. The van der Waals surface area contributed by atoms with E-state index in [4.69, 9.17) is 17.3 Å². The second kappa shape index (κ2) is 5.67. The van der Waals surface area contributed by atoms with E-state index in [1.807, 2.05) is 6.92 Å². The fourth-order valence-electron chi connectivity index (χ4n) is 1.75. The minimum atomic E-state index is -0.211. The summed E-state index contributed by atoms with van der Waals surface area (Å²) in [5.41, 5.74) is 7.44. The molecule has 0 saturated carbocycles. The number of nitrogen functional groups attached to an aromatic ring is 1. The van der Waals surface area contributed by atoms with Crippen LogP contribution in [0, 0.1) is 0 Å². The van der Waals surface area contributed by atoms with E-state index in [1.165, 1.54) is 0 Å². The quantitative estimate of drug-likeness (QED) is 0.892. The summed E-state index contributed by atoms with van der Waals surface area (Å²) in [5.74, 6) is -0.211. The van der Waals surface area contributed by atoms with Crippen LogP contribution in [0.5, 0.6) is 0 Å². The number of carbonyl (C=O) groups excluding carboxylic acids is 1. The summed E-state index contributed by atoms with van der Waals surface area (Å²) >= 11 is 9.28. The van der Waals surface area contributed by atoms with Crippen LogP contribution in [-0.2, 0) is 6.54 Å². The highest BCUT2D eigenvalue weighted by Crippen LogP contribution is 2.26. The highest BCUT2D eigenvalue weighted by atomic mass is 79.9. The first kappa shape index (κ1) is 14.0. The maximum atomic E-state index is 12.2. The molecule has 1 amide bonds. The van der Waals surface area contributed by atoms with E-state index >= 15 is 0 Å². The van der Waals surface area contributed by atoms with Gasteiger partial charge >= 0.3 is 0 Å². The monoisotopic (exact) mass is 341 g/mol. The highest BCUT2D eigenvalue weighted by molar-refractivity contribution is 9.10. The van der Waals surface area contributed by atoms with Gasteiger partial charge in [0.05, 0.1) is 10.7 Å². The Bertz CT molecular complexity index is 624. The SMILES string of the molecule is CCn1cc(N)cc1C(=O)Nc1ccc(Br)c(Cl)c1. The number of nitrogens with two attached hydrogens (primary N) is 1. The maximum absolute atomic E-state index is 12.2. The first-order valence-corrected chi connectivity index (χ1v) is 6.90. The van der Waals surface area contributed by atoms with Gasteiger partial charge in [0, 0.05) is 22.9 Å². The Labute approximate surface area is 124 Å². The van der Waals surface area contributed by atoms with Gasteiger partial charge in [-0.1, -0.05) is 11.6 Å². The number of hydrogen-bond acceptors (Lipinski definition) is 2. The Balaban J connectivity index is 2.22. The molecule has 1 heterocycles. The standard InChI is InChI=1S/C13H13BrClN3O/c1-2-18-7-8(16)5-12(18)13(19)17-9-3-4-10(14)11(15)6-9/h3-7H,2,16H2,1H3,(H,17,19). The average Bonchev–Trinajstić information content (AvgIpc) is 2.75. The molecule has 3 N–H and O–H groups in total. The highest BCUT2D eigenvalue weighted by Gasteiger charge is 2.12. The number of benzene rings is 1. The van der Waals surface area contributed by atoms with Gasteiger partial charge in [0.25, 0.3) is 5.91 Å². The molecule has 0 aliphatic heterocycles. The number of aromatic nitrogens is 1. The molecule has 1 aromatic carbocycles. The summed E-state index contributed by atoms with van der Waals surface area (Å²) in [6.45, 7) is 2.63. The van der Waals surface area contributed by atoms with Crippen LogP contribution in [0.3, 0.4) is 0 Å². The Morgan fingerprint density at radius 2 is 2.21 bits per heavy atom. The molecule has 2 rings (SSSR count). The lowest BCUT2D eigenvalue weighted by molar-refractivity contribution is 0.101. The first-order valence-electron chi connectivity index (χ1n) is 5.73. The third-order valence-electron chi connectivity index (χ3n) is 2.67. The van der Waals surface area contributed by atoms with Crippen molar-refractivity contribution in [2.45, 2.75) is 13.5 Å². The molecule has 2 aromatic rings. The van der Waals surface area contributed by atoms with Crippen molar-refractivity contribution in [3.05, 3.63) is 45.7 Å². The van der Waals surface area contributed by atoms with Crippen molar-refractivity contribution in [1.29, 1.82) is 0 Å². The molecule has 0 saturated heterocycles. The molecule has 0 bridgehead atoms. The zero-order valence-corrected chi connectivity index (χ0v) is 12.6. The predicted molar refractivity (Wildman–Crippen MR) is 81.6 cm³/mol. The van der Waals surface area contributed by atoms with E-state index in [9.17, 15) is 4.79 Å². The Morgan fingerprint density at radius 3 is 2.84 bits per heavy atom. The lowest BCUT2D eigenvalue weighted by Crippen LogP contribution is -2.16. The van der Waals surface area contributed by atoms with Gasteiger partial charge in [-0.3, -0.25) is 4.79 Å². The molecule has 4 nitrogen and oxygen atoms in total. The zero-order valence-electron chi connectivity index (χ0n) is 10.3. The van der Waals surface area contributed by atoms with Crippen LogP contribution in [0.1, 0.15) is 17.4 Å². The fraction of sp³-hybridized carbons (Fsp3) is 0.154. The minimum Gasteiger partial charge on any atom is -0.397 e. The number of anilines is 2. The lowest BCUT2D eigenvalue weighted by atomic mass is 10.3. The van der Waals surface area contributed by atoms with Gasteiger partial charge in [-0.15, -0.1) is 0 Å². The number of nitrogens with one attached hydrogen (secondary N) is 1. The number of carbonyl (C=O) groups is 1. The van der Waals surface area contributed by atoms with E-state index in [1.54, 1.807) is 35.0 Å². The molecule has 0 aliphatic carbocycles. The lowest BCUT2D eigenvalue weighted by Gasteiger charge is -2.08. The van der Waals surface area contributed by atoms with Gasteiger partial charge in [-0.25, -0.2) is 0 Å². The molecule has 1 aromatic heterocycles. The van der Waals surface area contributed by atoms with Crippen molar-refractivity contribution in [2.75, 3.05) is 11.1 Å². The Hall–Kier alpha value is -1.46. The van der Waals surface area contributed by atoms with Gasteiger partial charge in [0.15, 0.2) is 0 Å². The van der Waals surface area contributed by atoms with E-state index < -0.39 is 0 Å². The molecule has 0 atom stereocenters. The molecule has 6 heteroatoms. The van der Waals surface area contributed by atoms with Crippen molar-refractivity contribution in [2.24, 2.45) is 0 Å². The third kappa shape index (κ3) is 3.11. The topological polar surface area (TPSA) is 60.0 Å². The zero-order chi connectivity index (χ0) is 14.0. The van der Waals surface area contributed by atoms with Crippen molar-refractivity contribution in [1.82, 2.24) is 4.57 Å². The molecule has 19 heavy (non-hydrogen) atoms. The summed E-state index contributed by atoms with van der Waals surface area (Å²) in [6.07, 6.45) is 1.74. The maximum Gasteiger partial charge on any atom is 0.272 e. The van der Waals surface area contributed by atoms with E-state index in [-0.39, 0.29) is 5.91 Å². The summed E-state index contributed by atoms with van der Waals surface area (Å²) in [4.78, 5) is 12.2. The number of amides is 1. The molecule has 0 radical (unpaired) electrons. The van der Waals surface area contributed by atoms with Crippen LogP contribution >= 0.6 is 27.5 Å². The van der Waals surface area contributed by atoms with Crippen LogP contribution in [0.25, 0.3) is 0 Å². The number of hydrogen-bond donors (Lipinski definition) is 2. The minimum absolute atomic E-state index is 0.211. The number of aryl methyl sites for hydroxylation is 1. The molecule has 100 valence electrons. The summed E-state index contributed by atoms with van der Waals surface area (Å²) < 4.78 is 2.58. The van der Waals surface area contributed by atoms with E-state index in [0.717, 1.165) is 4.47 Å². The molecule has 0 unspecified atom stereocenters. The van der Waals surface area contributed by atoms with Gasteiger partial charge in [0.2, 0.25) is 0 Å². The Morgan fingerprint density at radius 1 is 1.47 bits per heavy atom. The molecule has 0 fully saturated rings. The van der Waals surface area contributed by atoms with Crippen molar-refractivity contribution in [3.63, 3.8) is 0 Å². The second-order valence-electron chi connectivity index (χ2n) is 4.03. The third-order valence-corrected chi connectivity index (χ3v) is 3.90. The van der Waals surface area contributed by atoms with Gasteiger partial charge in [-0.05, 0) is 47.1 Å². The number of rotatable bonds is 3. The van der Waals surface area contributed by atoms with Crippen LogP contribution in [0.2, 0.25) is 5.02 Å². The molecule has 0 spiro atoms. The van der Waals surface area contributed by atoms with Crippen LogP contribution < -0.4 is 11.1 Å².